The maximum atomic E-state index is 9.25. The van der Waals surface area contributed by atoms with E-state index in [1.807, 2.05) is 0 Å². The molecule has 0 amide bonds. The van der Waals surface area contributed by atoms with Crippen LogP contribution in [0.3, 0.4) is 0 Å². The van der Waals surface area contributed by atoms with Gasteiger partial charge in [-0.15, -0.1) is 0 Å². The Bertz CT molecular complexity index is 474. The minimum Gasteiger partial charge on any atom is -0.375 e. The van der Waals surface area contributed by atoms with E-state index in [1.165, 1.54) is 11.3 Å². The highest BCUT2D eigenvalue weighted by Crippen LogP contribution is 2.35. The lowest BCUT2D eigenvalue weighted by Crippen LogP contribution is -2.42. The standard InChI is InChI=1S/C17H25N3/c1-3-14-6-8-16(9-7-14)20(2)12-10-15-5-4-11-17(15,19)13-18/h6-9,15H,3-5,10-12,19H2,1-2H3. The average Bonchev–Trinajstić information content (AvgIpc) is 2.86. The van der Waals surface area contributed by atoms with Crippen molar-refractivity contribution in [2.75, 3.05) is 18.5 Å². The van der Waals surface area contributed by atoms with Crippen molar-refractivity contribution < 1.29 is 0 Å². The van der Waals surface area contributed by atoms with Gasteiger partial charge in [0.2, 0.25) is 0 Å². The van der Waals surface area contributed by atoms with Crippen LogP contribution >= 0.6 is 0 Å². The number of anilines is 1. The Hall–Kier alpha value is -1.53. The van der Waals surface area contributed by atoms with Crippen molar-refractivity contribution in [3.05, 3.63) is 29.8 Å². The van der Waals surface area contributed by atoms with Crippen LogP contribution in [-0.2, 0) is 6.42 Å². The van der Waals surface area contributed by atoms with Crippen LogP contribution in [0.5, 0.6) is 0 Å². The topological polar surface area (TPSA) is 53.0 Å². The smallest absolute Gasteiger partial charge is 0.107 e. The predicted molar refractivity (Wildman–Crippen MR) is 83.6 cm³/mol. The summed E-state index contributed by atoms with van der Waals surface area (Å²) in [4.78, 5) is 2.26. The Balaban J connectivity index is 1.91. The molecule has 1 aliphatic rings. The molecule has 1 aliphatic carbocycles. The first kappa shape index (κ1) is 14.9. The van der Waals surface area contributed by atoms with Crippen LogP contribution in [-0.4, -0.2) is 19.1 Å². The fourth-order valence-corrected chi connectivity index (χ4v) is 3.12. The largest absolute Gasteiger partial charge is 0.375 e. The molecular formula is C17H25N3. The maximum Gasteiger partial charge on any atom is 0.107 e. The zero-order chi connectivity index (χ0) is 14.6. The molecular weight excluding hydrogens is 246 g/mol. The minimum absolute atomic E-state index is 0.338. The summed E-state index contributed by atoms with van der Waals surface area (Å²) in [5.41, 5.74) is 8.20. The molecule has 0 aromatic heterocycles. The SMILES string of the molecule is CCc1ccc(N(C)CCC2CCCC2(N)C#N)cc1. The van der Waals surface area contributed by atoms with E-state index >= 15 is 0 Å². The molecule has 20 heavy (non-hydrogen) atoms. The van der Waals surface area contributed by atoms with Crippen LogP contribution in [0, 0.1) is 17.2 Å². The van der Waals surface area contributed by atoms with E-state index < -0.39 is 5.54 Å². The summed E-state index contributed by atoms with van der Waals surface area (Å²) in [6, 6.07) is 11.0. The summed E-state index contributed by atoms with van der Waals surface area (Å²) >= 11 is 0. The van der Waals surface area contributed by atoms with E-state index in [-0.39, 0.29) is 0 Å². The van der Waals surface area contributed by atoms with E-state index in [4.69, 9.17) is 5.73 Å². The third-order valence-corrected chi connectivity index (χ3v) is 4.68. The first-order valence-electron chi connectivity index (χ1n) is 7.59. The second-order valence-corrected chi connectivity index (χ2v) is 5.97. The van der Waals surface area contributed by atoms with Gasteiger partial charge in [0.05, 0.1) is 6.07 Å². The Kier molecular flexibility index (Phi) is 4.67. The van der Waals surface area contributed by atoms with E-state index in [0.29, 0.717) is 5.92 Å². The number of benzene rings is 1. The molecule has 2 unspecified atom stereocenters. The molecule has 1 aromatic carbocycles. The molecule has 2 rings (SSSR count). The quantitative estimate of drug-likeness (QED) is 0.895. The summed E-state index contributed by atoms with van der Waals surface area (Å²) in [6.45, 7) is 3.12. The molecule has 2 atom stereocenters. The van der Waals surface area contributed by atoms with Crippen molar-refractivity contribution in [2.24, 2.45) is 11.7 Å². The van der Waals surface area contributed by atoms with Gasteiger partial charge in [-0.25, -0.2) is 0 Å². The van der Waals surface area contributed by atoms with Gasteiger partial charge in [0, 0.05) is 19.3 Å². The Labute approximate surface area is 122 Å². The van der Waals surface area contributed by atoms with Crippen LogP contribution < -0.4 is 10.6 Å². The number of nitrogens with two attached hydrogens (primary N) is 1. The van der Waals surface area contributed by atoms with Crippen molar-refractivity contribution in [3.63, 3.8) is 0 Å². The van der Waals surface area contributed by atoms with Gasteiger partial charge in [0.1, 0.15) is 5.54 Å². The van der Waals surface area contributed by atoms with E-state index in [1.54, 1.807) is 0 Å². The molecule has 0 bridgehead atoms. The lowest BCUT2D eigenvalue weighted by Gasteiger charge is -2.27. The van der Waals surface area contributed by atoms with Gasteiger partial charge in [-0.2, -0.15) is 5.26 Å². The highest BCUT2D eigenvalue weighted by molar-refractivity contribution is 5.46. The van der Waals surface area contributed by atoms with Gasteiger partial charge in [0.15, 0.2) is 0 Å². The first-order valence-corrected chi connectivity index (χ1v) is 7.59. The zero-order valence-electron chi connectivity index (χ0n) is 12.6. The van der Waals surface area contributed by atoms with Crippen LogP contribution in [0.25, 0.3) is 0 Å². The molecule has 2 N–H and O–H groups in total. The van der Waals surface area contributed by atoms with Gasteiger partial charge in [0.25, 0.3) is 0 Å². The summed E-state index contributed by atoms with van der Waals surface area (Å²) in [5.74, 6) is 0.338. The van der Waals surface area contributed by atoms with Crippen molar-refractivity contribution >= 4 is 5.69 Å². The molecule has 3 nitrogen and oxygen atoms in total. The molecule has 0 spiro atoms. The average molecular weight is 271 g/mol. The predicted octanol–water partition coefficient (Wildman–Crippen LogP) is 3.10. The Morgan fingerprint density at radius 3 is 2.70 bits per heavy atom. The van der Waals surface area contributed by atoms with Gasteiger partial charge in [-0.1, -0.05) is 25.5 Å². The van der Waals surface area contributed by atoms with Crippen LogP contribution in [0.2, 0.25) is 0 Å². The Morgan fingerprint density at radius 2 is 2.10 bits per heavy atom. The van der Waals surface area contributed by atoms with Crippen molar-refractivity contribution in [1.82, 2.24) is 0 Å². The highest BCUT2D eigenvalue weighted by Gasteiger charge is 2.39. The maximum absolute atomic E-state index is 9.25. The van der Waals surface area contributed by atoms with Crippen molar-refractivity contribution in [1.29, 1.82) is 5.26 Å². The fraction of sp³-hybridized carbons (Fsp3) is 0.588. The second kappa shape index (κ2) is 6.28. The van der Waals surface area contributed by atoms with Gasteiger partial charge >= 0.3 is 0 Å². The van der Waals surface area contributed by atoms with Crippen LogP contribution in [0.4, 0.5) is 5.69 Å². The number of hydrogen-bond acceptors (Lipinski definition) is 3. The lowest BCUT2D eigenvalue weighted by atomic mass is 9.87. The second-order valence-electron chi connectivity index (χ2n) is 5.97. The molecule has 0 aliphatic heterocycles. The molecule has 0 heterocycles. The van der Waals surface area contributed by atoms with E-state index in [2.05, 4.69) is 49.2 Å². The number of nitrogens with zero attached hydrogens (tertiary/aromatic N) is 2. The van der Waals surface area contributed by atoms with Gasteiger partial charge in [-0.05, 0) is 49.3 Å². The summed E-state index contributed by atoms with van der Waals surface area (Å²) in [7, 11) is 2.11. The zero-order valence-corrected chi connectivity index (χ0v) is 12.6. The third kappa shape index (κ3) is 3.13. The number of rotatable bonds is 5. The summed E-state index contributed by atoms with van der Waals surface area (Å²) in [6.07, 6.45) is 5.10. The molecule has 108 valence electrons. The molecule has 0 radical (unpaired) electrons. The highest BCUT2D eigenvalue weighted by atomic mass is 15.1. The fourth-order valence-electron chi connectivity index (χ4n) is 3.12. The van der Waals surface area contributed by atoms with Crippen LogP contribution in [0.15, 0.2) is 24.3 Å². The van der Waals surface area contributed by atoms with Gasteiger partial charge < -0.3 is 10.6 Å². The first-order chi connectivity index (χ1) is 9.59. The molecule has 0 saturated heterocycles. The van der Waals surface area contributed by atoms with Gasteiger partial charge in [-0.3, -0.25) is 0 Å². The normalized spacial score (nSPS) is 25.4. The van der Waals surface area contributed by atoms with E-state index in [0.717, 1.165) is 38.6 Å². The molecule has 1 fully saturated rings. The number of nitriles is 1. The minimum atomic E-state index is -0.590. The Morgan fingerprint density at radius 1 is 1.40 bits per heavy atom. The summed E-state index contributed by atoms with van der Waals surface area (Å²) in [5, 5.41) is 9.25. The molecule has 1 aromatic rings. The third-order valence-electron chi connectivity index (χ3n) is 4.68. The van der Waals surface area contributed by atoms with Crippen LogP contribution in [0.1, 0.15) is 38.2 Å². The molecule has 3 heteroatoms. The lowest BCUT2D eigenvalue weighted by molar-refractivity contribution is 0.376. The summed E-state index contributed by atoms with van der Waals surface area (Å²) < 4.78 is 0. The number of hydrogen-bond donors (Lipinski definition) is 1. The van der Waals surface area contributed by atoms with Crippen molar-refractivity contribution in [2.45, 2.75) is 44.6 Å². The van der Waals surface area contributed by atoms with E-state index in [9.17, 15) is 5.26 Å². The number of aryl methyl sites for hydroxylation is 1. The van der Waals surface area contributed by atoms with Crippen molar-refractivity contribution in [3.8, 4) is 6.07 Å². The monoisotopic (exact) mass is 271 g/mol. The molecule has 1 saturated carbocycles.